The van der Waals surface area contributed by atoms with Gasteiger partial charge in [-0.05, 0) is 37.2 Å². The molecule has 0 saturated heterocycles. The van der Waals surface area contributed by atoms with Crippen molar-refractivity contribution < 1.29 is 43.5 Å². The zero-order valence-electron chi connectivity index (χ0n) is 30.6. The standard InChI is InChI=1S/C34H54N8O9S2/c1-17(2)13-23(40-32(48)24(14-20-9-7-6-8-10-20)39-28(44)19(5)37-29(45)21(35)15-52)31(47)38-22(11-12-26(36)43)30(46)42-27(18(3)4)33(49)41-25(16-53)34(50)51/h6-10,17-19,21-25,27,52-53H,11-16,35H2,1-5H3,(H2,36,43)(H,37,45)(H,38,47)(H,39,44)(H,40,48)(H,41,49)(H,42,46)(H,50,51)/t19-,21-,22-,23-,24-,25-,27-/m0/s1. The maximum absolute atomic E-state index is 13.8. The molecule has 17 nitrogen and oxygen atoms in total. The molecule has 0 saturated carbocycles. The third-order valence-corrected chi connectivity index (χ3v) is 8.66. The Labute approximate surface area is 320 Å². The molecule has 0 spiro atoms. The highest BCUT2D eigenvalue weighted by Gasteiger charge is 2.34. The van der Waals surface area contributed by atoms with Gasteiger partial charge in [0.2, 0.25) is 41.4 Å². The Balaban J connectivity index is 3.33. The van der Waals surface area contributed by atoms with Crippen LogP contribution in [0.1, 0.15) is 59.4 Å². The number of carbonyl (C=O) groups excluding carboxylic acids is 7. The Hall–Kier alpha value is -4.36. The number of primary amides is 1. The van der Waals surface area contributed by atoms with Gasteiger partial charge < -0.3 is 48.5 Å². The van der Waals surface area contributed by atoms with Crippen LogP contribution in [0.25, 0.3) is 0 Å². The normalized spacial score (nSPS) is 15.1. The summed E-state index contributed by atoms with van der Waals surface area (Å²) < 4.78 is 0. The Kier molecular flexibility index (Phi) is 20.5. The van der Waals surface area contributed by atoms with Crippen molar-refractivity contribution in [1.29, 1.82) is 0 Å². The first kappa shape index (κ1) is 46.7. The second kappa shape index (κ2) is 23.3. The summed E-state index contributed by atoms with van der Waals surface area (Å²) in [6.07, 6.45) is -0.469. The van der Waals surface area contributed by atoms with Crippen LogP contribution in [0, 0.1) is 11.8 Å². The highest BCUT2D eigenvalue weighted by molar-refractivity contribution is 7.80. The largest absolute Gasteiger partial charge is 0.480 e. The summed E-state index contributed by atoms with van der Waals surface area (Å²) >= 11 is 7.93. The van der Waals surface area contributed by atoms with Gasteiger partial charge in [0.25, 0.3) is 0 Å². The van der Waals surface area contributed by atoms with E-state index in [0.29, 0.717) is 5.56 Å². The molecule has 1 aromatic rings. The number of nitrogens with one attached hydrogen (secondary N) is 6. The van der Waals surface area contributed by atoms with Crippen LogP contribution in [0.15, 0.2) is 30.3 Å². The van der Waals surface area contributed by atoms with Gasteiger partial charge in [0.15, 0.2) is 0 Å². The van der Waals surface area contributed by atoms with Crippen LogP contribution in [0.5, 0.6) is 0 Å². The number of rotatable bonds is 23. The summed E-state index contributed by atoms with van der Waals surface area (Å²) in [5.41, 5.74) is 11.7. The van der Waals surface area contributed by atoms with E-state index in [1.54, 1.807) is 58.0 Å². The molecule has 0 unspecified atom stereocenters. The lowest BCUT2D eigenvalue weighted by atomic mass is 9.99. The number of carboxylic acid groups (broad SMARTS) is 1. The molecule has 7 amide bonds. The van der Waals surface area contributed by atoms with Crippen LogP contribution in [0.3, 0.4) is 0 Å². The molecular weight excluding hydrogens is 729 g/mol. The van der Waals surface area contributed by atoms with Crippen LogP contribution >= 0.6 is 25.3 Å². The van der Waals surface area contributed by atoms with Crippen molar-refractivity contribution in [2.75, 3.05) is 11.5 Å². The fraction of sp³-hybridized carbons (Fsp3) is 0.588. The number of carbonyl (C=O) groups is 8. The third kappa shape index (κ3) is 16.9. The van der Waals surface area contributed by atoms with E-state index in [1.165, 1.54) is 6.92 Å². The van der Waals surface area contributed by atoms with Crippen LogP contribution in [0.2, 0.25) is 0 Å². The van der Waals surface area contributed by atoms with E-state index in [9.17, 15) is 43.5 Å². The summed E-state index contributed by atoms with van der Waals surface area (Å²) in [6, 6.07) is 0.316. The highest BCUT2D eigenvalue weighted by Crippen LogP contribution is 2.11. The van der Waals surface area contributed by atoms with Gasteiger partial charge in [-0.25, -0.2) is 4.79 Å². The molecule has 296 valence electrons. The number of hydrogen-bond acceptors (Lipinski definition) is 11. The van der Waals surface area contributed by atoms with Gasteiger partial charge in [-0.1, -0.05) is 58.0 Å². The van der Waals surface area contributed by atoms with E-state index in [1.807, 2.05) is 0 Å². The fourth-order valence-electron chi connectivity index (χ4n) is 4.86. The van der Waals surface area contributed by atoms with Crippen molar-refractivity contribution in [3.05, 3.63) is 35.9 Å². The summed E-state index contributed by atoms with van der Waals surface area (Å²) in [7, 11) is 0. The van der Waals surface area contributed by atoms with Crippen molar-refractivity contribution in [1.82, 2.24) is 31.9 Å². The first-order valence-corrected chi connectivity index (χ1v) is 18.4. The Bertz CT molecular complexity index is 1430. The van der Waals surface area contributed by atoms with Crippen LogP contribution in [0.4, 0.5) is 0 Å². The molecule has 7 atom stereocenters. The Morgan fingerprint density at radius 3 is 1.70 bits per heavy atom. The Morgan fingerprint density at radius 2 is 1.19 bits per heavy atom. The molecule has 0 bridgehead atoms. The average Bonchev–Trinajstić information content (AvgIpc) is 3.09. The topological polar surface area (TPSA) is 281 Å². The average molecular weight is 783 g/mol. The van der Waals surface area contributed by atoms with E-state index in [-0.39, 0.29) is 43.1 Å². The molecule has 53 heavy (non-hydrogen) atoms. The zero-order chi connectivity index (χ0) is 40.4. The van der Waals surface area contributed by atoms with Gasteiger partial charge in [0.05, 0.1) is 6.04 Å². The van der Waals surface area contributed by atoms with Crippen molar-refractivity contribution >= 4 is 72.6 Å². The lowest BCUT2D eigenvalue weighted by Crippen LogP contribution is -2.60. The van der Waals surface area contributed by atoms with Crippen LogP contribution in [-0.4, -0.2) is 106 Å². The van der Waals surface area contributed by atoms with Gasteiger partial charge in [0, 0.05) is 24.3 Å². The lowest BCUT2D eigenvalue weighted by Gasteiger charge is -2.28. The molecule has 0 heterocycles. The quantitative estimate of drug-likeness (QED) is 0.0566. The maximum Gasteiger partial charge on any atom is 0.327 e. The minimum Gasteiger partial charge on any atom is -0.480 e. The van der Waals surface area contributed by atoms with Crippen molar-refractivity contribution in [3.63, 3.8) is 0 Å². The first-order chi connectivity index (χ1) is 24.8. The molecule has 0 fully saturated rings. The number of nitrogens with two attached hydrogens (primary N) is 2. The van der Waals surface area contributed by atoms with Crippen molar-refractivity contribution in [3.8, 4) is 0 Å². The number of amides is 7. The predicted octanol–water partition coefficient (Wildman–Crippen LogP) is -1.60. The molecule has 1 aromatic carbocycles. The minimum absolute atomic E-state index is 0.0174. The van der Waals surface area contributed by atoms with Gasteiger partial charge in [-0.15, -0.1) is 0 Å². The molecule has 1 rings (SSSR count). The smallest absolute Gasteiger partial charge is 0.327 e. The molecule has 19 heteroatoms. The number of thiol groups is 2. The highest BCUT2D eigenvalue weighted by atomic mass is 32.1. The molecule has 0 aliphatic heterocycles. The molecule has 0 aliphatic rings. The van der Waals surface area contributed by atoms with E-state index in [4.69, 9.17) is 11.5 Å². The summed E-state index contributed by atoms with van der Waals surface area (Å²) in [5, 5.41) is 24.5. The number of hydrogen-bond donors (Lipinski definition) is 11. The molecule has 11 N–H and O–H groups in total. The van der Waals surface area contributed by atoms with E-state index in [2.05, 4.69) is 57.2 Å². The minimum atomic E-state index is -1.40. The molecule has 0 aliphatic carbocycles. The summed E-state index contributed by atoms with van der Waals surface area (Å²) in [6.45, 7) is 8.24. The fourth-order valence-corrected chi connectivity index (χ4v) is 5.28. The van der Waals surface area contributed by atoms with Gasteiger partial charge in [0.1, 0.15) is 36.3 Å². The molecular formula is C34H54N8O9S2. The van der Waals surface area contributed by atoms with Gasteiger partial charge in [-0.2, -0.15) is 25.3 Å². The summed E-state index contributed by atoms with van der Waals surface area (Å²) in [5.74, 6) is -7.44. The van der Waals surface area contributed by atoms with Crippen molar-refractivity contribution in [2.24, 2.45) is 23.3 Å². The number of benzene rings is 1. The van der Waals surface area contributed by atoms with E-state index < -0.39 is 95.5 Å². The van der Waals surface area contributed by atoms with Gasteiger partial charge >= 0.3 is 5.97 Å². The summed E-state index contributed by atoms with van der Waals surface area (Å²) in [4.78, 5) is 103. The number of carboxylic acids is 1. The monoisotopic (exact) mass is 782 g/mol. The predicted molar refractivity (Wildman–Crippen MR) is 203 cm³/mol. The van der Waals surface area contributed by atoms with Crippen LogP contribution in [-0.2, 0) is 44.8 Å². The Morgan fingerprint density at radius 1 is 0.660 bits per heavy atom. The SMILES string of the molecule is CC(C)C[C@H](NC(=O)[C@H](Cc1ccccc1)NC(=O)[C@H](C)NC(=O)[C@@H](N)CS)C(=O)N[C@@H](CCC(N)=O)C(=O)N[C@H](C(=O)N[C@@H](CS)C(=O)O)C(C)C. The number of aliphatic carboxylic acids is 1. The second-order valence-corrected chi connectivity index (χ2v) is 14.1. The second-order valence-electron chi connectivity index (χ2n) is 13.3. The van der Waals surface area contributed by atoms with Crippen LogP contribution < -0.4 is 43.4 Å². The lowest BCUT2D eigenvalue weighted by molar-refractivity contribution is -0.142. The molecule has 0 aromatic heterocycles. The van der Waals surface area contributed by atoms with Gasteiger partial charge in [-0.3, -0.25) is 33.6 Å². The van der Waals surface area contributed by atoms with Crippen molar-refractivity contribution in [2.45, 2.75) is 103 Å². The maximum atomic E-state index is 13.8. The zero-order valence-corrected chi connectivity index (χ0v) is 32.4. The first-order valence-electron chi connectivity index (χ1n) is 17.2. The van der Waals surface area contributed by atoms with E-state index in [0.717, 1.165) is 0 Å². The third-order valence-electron chi connectivity index (χ3n) is 7.90. The van der Waals surface area contributed by atoms with E-state index >= 15 is 0 Å². The molecule has 0 radical (unpaired) electrons.